The van der Waals surface area contributed by atoms with Gasteiger partial charge in [0.25, 0.3) is 5.91 Å². The highest BCUT2D eigenvalue weighted by Crippen LogP contribution is 2.67. The number of nitrogens with one attached hydrogen (secondary N) is 1. The van der Waals surface area contributed by atoms with Gasteiger partial charge in [0.2, 0.25) is 0 Å². The molecule has 5 rings (SSSR count). The average Bonchev–Trinajstić information content (AvgIpc) is 2.86. The summed E-state index contributed by atoms with van der Waals surface area (Å²) in [6.07, 6.45) is 8.93. The van der Waals surface area contributed by atoms with Gasteiger partial charge in [-0.05, 0) is 79.6 Å². The average molecular weight is 543 g/mol. The summed E-state index contributed by atoms with van der Waals surface area (Å²) < 4.78 is 28.0. The van der Waals surface area contributed by atoms with Gasteiger partial charge >= 0.3 is 5.92 Å². The number of nitrogens with zero attached hydrogens (tertiary/aromatic N) is 1. The third kappa shape index (κ3) is 4.60. The molecule has 214 valence electrons. The summed E-state index contributed by atoms with van der Waals surface area (Å²) in [5, 5.41) is 12.4. The van der Waals surface area contributed by atoms with Gasteiger partial charge in [-0.15, -0.1) is 0 Å². The van der Waals surface area contributed by atoms with E-state index in [4.69, 9.17) is 0 Å². The van der Waals surface area contributed by atoms with Crippen LogP contribution in [0.5, 0.6) is 0 Å². The van der Waals surface area contributed by atoms with Crippen molar-refractivity contribution >= 4 is 17.5 Å². The maximum Gasteiger partial charge on any atom is 0.321 e. The van der Waals surface area contributed by atoms with Crippen molar-refractivity contribution in [3.63, 3.8) is 0 Å². The zero-order valence-corrected chi connectivity index (χ0v) is 24.5. The number of rotatable bonds is 2. The first kappa shape index (κ1) is 29.6. The van der Waals surface area contributed by atoms with Crippen molar-refractivity contribution < 1.29 is 23.2 Å². The third-order valence-corrected chi connectivity index (χ3v) is 11.0. The van der Waals surface area contributed by atoms with E-state index in [0.29, 0.717) is 39.0 Å². The SMILES string of the molecule is CC.CC1(C)CCC2(NC(=O)C(C)(F)F)CCC3C(C(=O)C=C4C5(C)C=C(C#N)C(=O)CC5CCC43C)C2C1. The Morgan fingerprint density at radius 2 is 1.72 bits per heavy atom. The Morgan fingerprint density at radius 1 is 1.05 bits per heavy atom. The standard InChI is InChI=1S/C30H38F2N2O3.C2H6/c1-26(2)10-11-30(34-25(37)29(5,31)32)9-7-19-24(20(30)15-26)22(36)13-23-27(19,3)8-6-18-12-21(35)17(16-33)14-28(18,23)4;1-2/h13-14,18-20,24H,6-12,15H2,1-5H3,(H,34,37);1-2H3. The van der Waals surface area contributed by atoms with Gasteiger partial charge in [-0.2, -0.15) is 14.0 Å². The van der Waals surface area contributed by atoms with Gasteiger partial charge in [-0.1, -0.05) is 53.2 Å². The summed E-state index contributed by atoms with van der Waals surface area (Å²) in [7, 11) is 0. The molecule has 7 unspecified atom stereocenters. The summed E-state index contributed by atoms with van der Waals surface area (Å²) in [6.45, 7) is 13.2. The van der Waals surface area contributed by atoms with Crippen LogP contribution < -0.4 is 5.32 Å². The quantitative estimate of drug-likeness (QED) is 0.419. The number of hydrogen-bond acceptors (Lipinski definition) is 4. The second kappa shape index (κ2) is 9.63. The zero-order chi connectivity index (χ0) is 29.2. The smallest absolute Gasteiger partial charge is 0.321 e. The molecule has 0 spiro atoms. The Kier molecular flexibility index (Phi) is 7.31. The minimum Gasteiger partial charge on any atom is -0.345 e. The monoisotopic (exact) mass is 542 g/mol. The van der Waals surface area contributed by atoms with Crippen LogP contribution in [0.2, 0.25) is 0 Å². The molecular formula is C32H44F2N2O3. The second-order valence-corrected chi connectivity index (χ2v) is 13.8. The fourth-order valence-corrected chi connectivity index (χ4v) is 8.96. The molecule has 1 N–H and O–H groups in total. The number of Topliss-reactive ketones (excluding diaryl/α,β-unsaturated/α-hetero) is 1. The minimum absolute atomic E-state index is 0.00689. The Morgan fingerprint density at radius 3 is 2.33 bits per heavy atom. The number of allylic oxidation sites excluding steroid dienone is 4. The highest BCUT2D eigenvalue weighted by Gasteiger charge is 2.64. The molecule has 0 saturated heterocycles. The van der Waals surface area contributed by atoms with Gasteiger partial charge in [-0.25, -0.2) is 0 Å². The van der Waals surface area contributed by atoms with Gasteiger partial charge in [-0.3, -0.25) is 14.4 Å². The molecule has 0 aromatic carbocycles. The first-order valence-corrected chi connectivity index (χ1v) is 14.7. The van der Waals surface area contributed by atoms with E-state index in [1.807, 2.05) is 13.8 Å². The van der Waals surface area contributed by atoms with Crippen LogP contribution in [0.15, 0.2) is 23.3 Å². The van der Waals surface area contributed by atoms with Crippen LogP contribution in [-0.2, 0) is 14.4 Å². The largest absolute Gasteiger partial charge is 0.345 e. The number of hydrogen-bond donors (Lipinski definition) is 1. The van der Waals surface area contributed by atoms with Gasteiger partial charge in [0, 0.05) is 30.2 Å². The van der Waals surface area contributed by atoms with E-state index in [1.54, 1.807) is 12.2 Å². The summed E-state index contributed by atoms with van der Waals surface area (Å²) in [5.41, 5.74) is -0.498. The molecule has 3 fully saturated rings. The molecular weight excluding hydrogens is 498 g/mol. The predicted octanol–water partition coefficient (Wildman–Crippen LogP) is 6.73. The zero-order valence-electron chi connectivity index (χ0n) is 24.5. The molecule has 7 heteroatoms. The number of carbonyl (C=O) groups excluding carboxylic acids is 3. The van der Waals surface area contributed by atoms with E-state index < -0.39 is 22.8 Å². The molecule has 3 saturated carbocycles. The molecule has 0 aliphatic heterocycles. The van der Waals surface area contributed by atoms with E-state index in [0.717, 1.165) is 24.8 Å². The van der Waals surface area contributed by atoms with Crippen LogP contribution >= 0.6 is 0 Å². The summed E-state index contributed by atoms with van der Waals surface area (Å²) >= 11 is 0. The Balaban J connectivity index is 0.00000172. The normalized spacial score (nSPS) is 40.6. The lowest BCUT2D eigenvalue weighted by Gasteiger charge is -2.64. The molecule has 5 nitrogen and oxygen atoms in total. The van der Waals surface area contributed by atoms with Crippen molar-refractivity contribution in [1.82, 2.24) is 5.32 Å². The van der Waals surface area contributed by atoms with Crippen molar-refractivity contribution in [1.29, 1.82) is 5.26 Å². The number of amides is 1. The molecule has 0 heterocycles. The number of nitriles is 1. The van der Waals surface area contributed by atoms with E-state index >= 15 is 0 Å². The van der Waals surface area contributed by atoms with Gasteiger partial charge in [0.15, 0.2) is 11.6 Å². The molecule has 0 bridgehead atoms. The lowest BCUT2D eigenvalue weighted by atomic mass is 9.41. The molecule has 1 amide bonds. The fourth-order valence-electron chi connectivity index (χ4n) is 8.96. The van der Waals surface area contributed by atoms with E-state index in [2.05, 4.69) is 39.1 Å². The first-order valence-electron chi connectivity index (χ1n) is 14.7. The number of fused-ring (bicyclic) bond motifs is 7. The van der Waals surface area contributed by atoms with Crippen LogP contribution in [0.1, 0.15) is 99.8 Å². The lowest BCUT2D eigenvalue weighted by Crippen LogP contribution is -2.67. The minimum atomic E-state index is -3.48. The molecule has 7 atom stereocenters. The second-order valence-electron chi connectivity index (χ2n) is 13.8. The van der Waals surface area contributed by atoms with E-state index in [-0.39, 0.29) is 51.6 Å². The van der Waals surface area contributed by atoms with Gasteiger partial charge < -0.3 is 5.32 Å². The number of halogens is 2. The molecule has 5 aliphatic carbocycles. The van der Waals surface area contributed by atoms with Crippen molar-refractivity contribution in [2.24, 2.45) is 39.9 Å². The molecule has 5 aliphatic rings. The van der Waals surface area contributed by atoms with Crippen LogP contribution in [0.25, 0.3) is 0 Å². The van der Waals surface area contributed by atoms with Crippen LogP contribution in [0, 0.1) is 51.2 Å². The Labute approximate surface area is 231 Å². The van der Waals surface area contributed by atoms with Crippen molar-refractivity contribution in [3.05, 3.63) is 23.3 Å². The van der Waals surface area contributed by atoms with Gasteiger partial charge in [0.05, 0.1) is 5.57 Å². The van der Waals surface area contributed by atoms with E-state index in [1.165, 1.54) is 0 Å². The van der Waals surface area contributed by atoms with Gasteiger partial charge in [0.1, 0.15) is 6.07 Å². The Hall–Kier alpha value is -2.36. The number of alkyl halides is 2. The number of ketones is 2. The maximum atomic E-state index is 14.1. The predicted molar refractivity (Wildman–Crippen MR) is 146 cm³/mol. The lowest BCUT2D eigenvalue weighted by molar-refractivity contribution is -0.155. The van der Waals surface area contributed by atoms with Crippen LogP contribution in [0.3, 0.4) is 0 Å². The molecule has 39 heavy (non-hydrogen) atoms. The number of carbonyl (C=O) groups is 3. The maximum absolute atomic E-state index is 14.1. The topological polar surface area (TPSA) is 87.0 Å². The third-order valence-electron chi connectivity index (χ3n) is 11.0. The van der Waals surface area contributed by atoms with Crippen LogP contribution in [0.4, 0.5) is 8.78 Å². The summed E-state index contributed by atoms with van der Waals surface area (Å²) in [5.74, 6) is -5.32. The first-order chi connectivity index (χ1) is 18.1. The summed E-state index contributed by atoms with van der Waals surface area (Å²) in [6, 6.07) is 2.07. The van der Waals surface area contributed by atoms with Crippen molar-refractivity contribution in [3.8, 4) is 6.07 Å². The van der Waals surface area contributed by atoms with Crippen LogP contribution in [-0.4, -0.2) is 28.9 Å². The molecule has 0 aromatic rings. The Bertz CT molecular complexity index is 1170. The molecule has 0 radical (unpaired) electrons. The summed E-state index contributed by atoms with van der Waals surface area (Å²) in [4.78, 5) is 39.1. The fraction of sp³-hybridized carbons (Fsp3) is 0.750. The van der Waals surface area contributed by atoms with Crippen molar-refractivity contribution in [2.45, 2.75) is 111 Å². The highest BCUT2D eigenvalue weighted by molar-refractivity contribution is 6.01. The molecule has 0 aromatic heterocycles. The van der Waals surface area contributed by atoms with E-state index in [9.17, 15) is 28.4 Å². The van der Waals surface area contributed by atoms with Crippen molar-refractivity contribution in [2.75, 3.05) is 0 Å². The highest BCUT2D eigenvalue weighted by atomic mass is 19.3.